The van der Waals surface area contributed by atoms with Gasteiger partial charge in [0.05, 0.1) is 18.7 Å². The number of nitrogens with one attached hydrogen (secondary N) is 2. The molecule has 20 heavy (non-hydrogen) atoms. The van der Waals surface area contributed by atoms with Gasteiger partial charge in [-0.05, 0) is 19.1 Å². The third-order valence-electron chi connectivity index (χ3n) is 2.63. The molecule has 1 aromatic carbocycles. The highest BCUT2D eigenvalue weighted by molar-refractivity contribution is 5.96. The van der Waals surface area contributed by atoms with Crippen LogP contribution in [0.1, 0.15) is 27.3 Å². The summed E-state index contributed by atoms with van der Waals surface area (Å²) in [6.07, 6.45) is 1.40. The van der Waals surface area contributed by atoms with E-state index in [-0.39, 0.29) is 19.0 Å². The molecule has 2 aromatic rings. The third-order valence-corrected chi connectivity index (χ3v) is 2.63. The molecule has 6 heteroatoms. The summed E-state index contributed by atoms with van der Waals surface area (Å²) in [7, 11) is 0. The number of benzene rings is 1. The molecule has 0 atom stereocenters. The van der Waals surface area contributed by atoms with Gasteiger partial charge in [-0.15, -0.1) is 0 Å². The van der Waals surface area contributed by atoms with Crippen LogP contribution in [-0.4, -0.2) is 27.6 Å². The predicted octanol–water partition coefficient (Wildman–Crippen LogP) is 0.353. The Morgan fingerprint density at radius 1 is 1.50 bits per heavy atom. The van der Waals surface area contributed by atoms with Gasteiger partial charge >= 0.3 is 0 Å². The molecule has 0 aliphatic heterocycles. The van der Waals surface area contributed by atoms with Gasteiger partial charge in [-0.25, -0.2) is 4.98 Å². The Bertz CT molecular complexity index is 652. The molecule has 4 N–H and O–H groups in total. The van der Waals surface area contributed by atoms with E-state index in [4.69, 9.17) is 5.73 Å². The zero-order valence-electron chi connectivity index (χ0n) is 11.1. The summed E-state index contributed by atoms with van der Waals surface area (Å²) in [6.45, 7) is 2.47. The first-order valence-electron chi connectivity index (χ1n) is 6.12. The number of nitrogens with two attached hydrogens (primary N) is 1. The zero-order valence-corrected chi connectivity index (χ0v) is 11.1. The lowest BCUT2D eigenvalue weighted by atomic mass is 10.0. The highest BCUT2D eigenvalue weighted by Crippen LogP contribution is 2.11. The molecule has 0 saturated carbocycles. The molecule has 1 heterocycles. The molecule has 0 aliphatic carbocycles. The molecule has 0 fully saturated rings. The van der Waals surface area contributed by atoms with Gasteiger partial charge in [0.15, 0.2) is 0 Å². The standard InChI is InChI=1S/C14H15N5O/c1-10-4-5-11(3-2-6-15)12(7-10)14(20)16-8-13-17-9-18-19-13/h4-5,7,9H,6,8,15H2,1H3,(H,16,20)(H,17,18,19). The summed E-state index contributed by atoms with van der Waals surface area (Å²) in [5.74, 6) is 6.06. The molecule has 0 bridgehead atoms. The summed E-state index contributed by atoms with van der Waals surface area (Å²) in [5.41, 5.74) is 7.55. The SMILES string of the molecule is Cc1ccc(C#CCN)c(C(=O)NCc2ncn[nH]2)c1. The molecule has 0 aliphatic rings. The van der Waals surface area contributed by atoms with Crippen LogP contribution in [0.2, 0.25) is 0 Å². The van der Waals surface area contributed by atoms with Crippen LogP contribution in [0.15, 0.2) is 24.5 Å². The van der Waals surface area contributed by atoms with Crippen molar-refractivity contribution in [2.45, 2.75) is 13.5 Å². The minimum atomic E-state index is -0.202. The number of nitrogens with zero attached hydrogens (tertiary/aromatic N) is 2. The number of H-pyrrole nitrogens is 1. The van der Waals surface area contributed by atoms with Crippen molar-refractivity contribution in [3.05, 3.63) is 47.0 Å². The van der Waals surface area contributed by atoms with Crippen LogP contribution in [0.25, 0.3) is 0 Å². The first kappa shape index (κ1) is 13.8. The first-order valence-corrected chi connectivity index (χ1v) is 6.12. The van der Waals surface area contributed by atoms with E-state index >= 15 is 0 Å². The Kier molecular flexibility index (Phi) is 4.47. The minimum Gasteiger partial charge on any atom is -0.345 e. The van der Waals surface area contributed by atoms with Gasteiger partial charge in [-0.3, -0.25) is 9.89 Å². The number of aromatic amines is 1. The van der Waals surface area contributed by atoms with Gasteiger partial charge in [0, 0.05) is 5.56 Å². The first-order chi connectivity index (χ1) is 9.70. The van der Waals surface area contributed by atoms with Gasteiger partial charge in [-0.1, -0.05) is 23.5 Å². The molecule has 0 saturated heterocycles. The number of aromatic nitrogens is 3. The number of amides is 1. The Balaban J connectivity index is 2.17. The second-order valence-corrected chi connectivity index (χ2v) is 4.17. The highest BCUT2D eigenvalue weighted by Gasteiger charge is 2.10. The maximum atomic E-state index is 12.2. The van der Waals surface area contributed by atoms with Crippen molar-refractivity contribution in [2.24, 2.45) is 5.73 Å². The maximum Gasteiger partial charge on any atom is 0.252 e. The zero-order chi connectivity index (χ0) is 14.4. The van der Waals surface area contributed by atoms with E-state index in [0.717, 1.165) is 5.56 Å². The largest absolute Gasteiger partial charge is 0.345 e. The average molecular weight is 269 g/mol. The number of hydrogen-bond donors (Lipinski definition) is 3. The molecule has 0 unspecified atom stereocenters. The van der Waals surface area contributed by atoms with E-state index in [1.54, 1.807) is 6.07 Å². The van der Waals surface area contributed by atoms with Crippen LogP contribution in [0.5, 0.6) is 0 Å². The van der Waals surface area contributed by atoms with E-state index in [2.05, 4.69) is 32.3 Å². The molecule has 0 radical (unpaired) electrons. The molecular weight excluding hydrogens is 254 g/mol. The fourth-order valence-electron chi connectivity index (χ4n) is 1.68. The van der Waals surface area contributed by atoms with E-state index < -0.39 is 0 Å². The van der Waals surface area contributed by atoms with Crippen molar-refractivity contribution < 1.29 is 4.79 Å². The van der Waals surface area contributed by atoms with Crippen LogP contribution >= 0.6 is 0 Å². The van der Waals surface area contributed by atoms with Crippen LogP contribution in [0.4, 0.5) is 0 Å². The lowest BCUT2D eigenvalue weighted by Gasteiger charge is -2.06. The number of aryl methyl sites for hydroxylation is 1. The van der Waals surface area contributed by atoms with Crippen LogP contribution in [0.3, 0.4) is 0 Å². The monoisotopic (exact) mass is 269 g/mol. The summed E-state index contributed by atoms with van der Waals surface area (Å²) >= 11 is 0. The number of carbonyl (C=O) groups excluding carboxylic acids is 1. The van der Waals surface area contributed by atoms with Gasteiger partial charge < -0.3 is 11.1 Å². The van der Waals surface area contributed by atoms with Crippen molar-refractivity contribution >= 4 is 5.91 Å². The van der Waals surface area contributed by atoms with Crippen molar-refractivity contribution in [1.29, 1.82) is 0 Å². The van der Waals surface area contributed by atoms with Crippen molar-refractivity contribution in [3.63, 3.8) is 0 Å². The van der Waals surface area contributed by atoms with Crippen molar-refractivity contribution in [1.82, 2.24) is 20.5 Å². The molecular formula is C14H15N5O. The second-order valence-electron chi connectivity index (χ2n) is 4.17. The fraction of sp³-hybridized carbons (Fsp3) is 0.214. The molecule has 102 valence electrons. The van der Waals surface area contributed by atoms with Crippen molar-refractivity contribution in [2.75, 3.05) is 6.54 Å². The second kappa shape index (κ2) is 6.50. The number of carbonyl (C=O) groups is 1. The molecule has 6 nitrogen and oxygen atoms in total. The van der Waals surface area contributed by atoms with Gasteiger partial charge in [-0.2, -0.15) is 5.10 Å². The Labute approximate surface area is 116 Å². The lowest BCUT2D eigenvalue weighted by molar-refractivity contribution is 0.0949. The topological polar surface area (TPSA) is 96.7 Å². The van der Waals surface area contributed by atoms with E-state index in [9.17, 15) is 4.79 Å². The molecule has 1 amide bonds. The fourth-order valence-corrected chi connectivity index (χ4v) is 1.68. The van der Waals surface area contributed by atoms with E-state index in [0.29, 0.717) is 17.0 Å². The maximum absolute atomic E-state index is 12.2. The van der Waals surface area contributed by atoms with Crippen LogP contribution < -0.4 is 11.1 Å². The smallest absolute Gasteiger partial charge is 0.252 e. The van der Waals surface area contributed by atoms with Gasteiger partial charge in [0.2, 0.25) is 0 Å². The number of rotatable bonds is 3. The number of hydrogen-bond acceptors (Lipinski definition) is 4. The normalized spacial score (nSPS) is 9.70. The minimum absolute atomic E-state index is 0.202. The van der Waals surface area contributed by atoms with E-state index in [1.807, 2.05) is 19.1 Å². The van der Waals surface area contributed by atoms with Crippen molar-refractivity contribution in [3.8, 4) is 11.8 Å². The third kappa shape index (κ3) is 3.43. The lowest BCUT2D eigenvalue weighted by Crippen LogP contribution is -2.24. The van der Waals surface area contributed by atoms with Crippen LogP contribution in [-0.2, 0) is 6.54 Å². The summed E-state index contributed by atoms with van der Waals surface area (Å²) in [5, 5.41) is 9.18. The van der Waals surface area contributed by atoms with Gasteiger partial charge in [0.1, 0.15) is 12.2 Å². The summed E-state index contributed by atoms with van der Waals surface area (Å²) in [6, 6.07) is 5.53. The molecule has 1 aromatic heterocycles. The molecule has 0 spiro atoms. The summed E-state index contributed by atoms with van der Waals surface area (Å²) < 4.78 is 0. The Hall–Kier alpha value is -2.65. The Morgan fingerprint density at radius 2 is 2.35 bits per heavy atom. The molecule has 2 rings (SSSR count). The quantitative estimate of drug-likeness (QED) is 0.701. The highest BCUT2D eigenvalue weighted by atomic mass is 16.1. The summed E-state index contributed by atoms with van der Waals surface area (Å²) in [4.78, 5) is 16.1. The van der Waals surface area contributed by atoms with Crippen LogP contribution in [0, 0.1) is 18.8 Å². The Morgan fingerprint density at radius 3 is 3.05 bits per heavy atom. The van der Waals surface area contributed by atoms with Gasteiger partial charge in [0.25, 0.3) is 5.91 Å². The average Bonchev–Trinajstić information content (AvgIpc) is 2.96. The van der Waals surface area contributed by atoms with E-state index in [1.165, 1.54) is 6.33 Å². The predicted molar refractivity (Wildman–Crippen MR) is 74.7 cm³/mol.